The van der Waals surface area contributed by atoms with Crippen molar-refractivity contribution in [2.45, 2.75) is 42.8 Å². The number of sulfonamides is 1. The molecular weight excluding hydrogens is 630 g/mol. The summed E-state index contributed by atoms with van der Waals surface area (Å²) in [5.41, 5.74) is 2.21. The number of halogens is 3. The molecule has 0 saturated carbocycles. The molecule has 0 amide bonds. The standard InChI is InChI=1S/C25H30N4O4S3.C2HF3O2/c1-2-33-13-12-29(36(31,32)23-7-4-14-34-23)22-6-3-5-18-15-21(27-24(18)22)25-26-16-20(35-25)17-28-10-8-19(30)9-11-28;3-2(4,5)1(6)7/h3-7,14-16,19,27,30H,2,8-13,17H2,1H3;(H,6,7). The van der Waals surface area contributed by atoms with Crippen LogP contribution in [-0.2, 0) is 26.1 Å². The Bertz CT molecular complexity index is 1600. The van der Waals surface area contributed by atoms with Gasteiger partial charge < -0.3 is 19.9 Å². The number of thiazole rings is 1. The fourth-order valence-electron chi connectivity index (χ4n) is 4.45. The summed E-state index contributed by atoms with van der Waals surface area (Å²) >= 11 is 2.84. The van der Waals surface area contributed by atoms with E-state index in [0.717, 1.165) is 54.1 Å². The molecule has 1 aliphatic rings. The van der Waals surface area contributed by atoms with Crippen LogP contribution in [0.5, 0.6) is 0 Å². The maximum Gasteiger partial charge on any atom is 0.490 e. The topological polar surface area (TPSA) is 136 Å². The molecule has 1 fully saturated rings. The number of nitrogens with one attached hydrogen (secondary N) is 1. The van der Waals surface area contributed by atoms with Crippen LogP contribution in [0.3, 0.4) is 0 Å². The summed E-state index contributed by atoms with van der Waals surface area (Å²) in [4.78, 5) is 20.5. The number of aliphatic carboxylic acids is 1. The van der Waals surface area contributed by atoms with Gasteiger partial charge in [-0.25, -0.2) is 18.2 Å². The number of aromatic nitrogens is 2. The number of piperidine rings is 1. The second kappa shape index (κ2) is 14.2. The first kappa shape index (κ1) is 32.9. The van der Waals surface area contributed by atoms with Gasteiger partial charge in [-0.3, -0.25) is 9.21 Å². The number of para-hydroxylation sites is 1. The third kappa shape index (κ3) is 8.33. The Morgan fingerprint density at radius 2 is 1.95 bits per heavy atom. The number of aliphatic hydroxyl groups excluding tert-OH is 1. The number of thiophene rings is 1. The molecule has 0 radical (unpaired) electrons. The number of hydrogen-bond acceptors (Lipinski definition) is 9. The highest BCUT2D eigenvalue weighted by Gasteiger charge is 2.38. The van der Waals surface area contributed by atoms with Crippen molar-refractivity contribution in [3.63, 3.8) is 0 Å². The Labute approximate surface area is 254 Å². The number of aromatic amines is 1. The summed E-state index contributed by atoms with van der Waals surface area (Å²) in [5.74, 6) is -2.76. The fraction of sp³-hybridized carbons (Fsp3) is 0.407. The number of rotatable bonds is 10. The number of alkyl halides is 3. The van der Waals surface area contributed by atoms with E-state index in [2.05, 4.69) is 14.9 Å². The number of carboxylic acids is 1. The van der Waals surface area contributed by atoms with Crippen molar-refractivity contribution < 1.29 is 41.3 Å². The van der Waals surface area contributed by atoms with Gasteiger partial charge in [0.25, 0.3) is 10.0 Å². The van der Waals surface area contributed by atoms with Gasteiger partial charge in [-0.05, 0) is 43.3 Å². The molecule has 234 valence electrons. The van der Waals surface area contributed by atoms with Gasteiger partial charge in [-0.15, -0.1) is 22.7 Å². The third-order valence-electron chi connectivity index (χ3n) is 6.55. The summed E-state index contributed by atoms with van der Waals surface area (Å²) < 4.78 is 66.1. The lowest BCUT2D eigenvalue weighted by Gasteiger charge is -2.28. The highest BCUT2D eigenvalue weighted by atomic mass is 32.2. The van der Waals surface area contributed by atoms with Crippen LogP contribution in [-0.4, -0.2) is 84.6 Å². The van der Waals surface area contributed by atoms with Crippen LogP contribution in [0, 0.1) is 0 Å². The van der Waals surface area contributed by atoms with Gasteiger partial charge >= 0.3 is 12.1 Å². The predicted molar refractivity (Wildman–Crippen MR) is 159 cm³/mol. The van der Waals surface area contributed by atoms with Crippen LogP contribution in [0.2, 0.25) is 0 Å². The molecule has 4 heterocycles. The molecule has 0 bridgehead atoms. The predicted octanol–water partition coefficient (Wildman–Crippen LogP) is 5.17. The van der Waals surface area contributed by atoms with Crippen molar-refractivity contribution in [1.29, 1.82) is 0 Å². The summed E-state index contributed by atoms with van der Waals surface area (Å²) in [6.07, 6.45) is -1.74. The smallest absolute Gasteiger partial charge is 0.475 e. The zero-order chi connectivity index (χ0) is 31.2. The Morgan fingerprint density at radius 1 is 1.23 bits per heavy atom. The fourth-order valence-corrected chi connectivity index (χ4v) is 7.94. The Kier molecular flexibility index (Phi) is 10.8. The van der Waals surface area contributed by atoms with E-state index in [1.165, 1.54) is 20.5 Å². The number of nitrogens with zero attached hydrogens (tertiary/aromatic N) is 3. The number of hydrogen-bond donors (Lipinski definition) is 3. The number of anilines is 1. The molecule has 0 atom stereocenters. The molecule has 0 aliphatic carbocycles. The van der Waals surface area contributed by atoms with Crippen molar-refractivity contribution in [3.8, 4) is 10.7 Å². The van der Waals surface area contributed by atoms with Gasteiger partial charge in [-0.2, -0.15) is 13.2 Å². The second-order valence-corrected chi connectivity index (χ2v) is 13.7. The molecule has 10 nitrogen and oxygen atoms in total. The van der Waals surface area contributed by atoms with Crippen LogP contribution in [0.1, 0.15) is 24.6 Å². The highest BCUT2D eigenvalue weighted by Crippen LogP contribution is 2.35. The van der Waals surface area contributed by atoms with Gasteiger partial charge in [0.2, 0.25) is 0 Å². The molecule has 3 aromatic heterocycles. The van der Waals surface area contributed by atoms with Crippen molar-refractivity contribution in [2.24, 2.45) is 0 Å². The van der Waals surface area contributed by atoms with Crippen LogP contribution < -0.4 is 4.31 Å². The molecule has 4 aromatic rings. The zero-order valence-corrected chi connectivity index (χ0v) is 25.5. The minimum Gasteiger partial charge on any atom is -0.475 e. The molecule has 3 N–H and O–H groups in total. The molecule has 43 heavy (non-hydrogen) atoms. The van der Waals surface area contributed by atoms with E-state index in [0.29, 0.717) is 23.1 Å². The average molecular weight is 661 g/mol. The van der Waals surface area contributed by atoms with Gasteiger partial charge in [0.15, 0.2) is 0 Å². The molecule has 0 unspecified atom stereocenters. The van der Waals surface area contributed by atoms with Crippen LogP contribution >= 0.6 is 22.7 Å². The lowest BCUT2D eigenvalue weighted by Crippen LogP contribution is -2.35. The molecule has 1 aromatic carbocycles. The molecule has 5 rings (SSSR count). The molecule has 1 saturated heterocycles. The van der Waals surface area contributed by atoms with Crippen LogP contribution in [0.25, 0.3) is 21.6 Å². The molecule has 1 aliphatic heterocycles. The van der Waals surface area contributed by atoms with E-state index in [-0.39, 0.29) is 12.6 Å². The lowest BCUT2D eigenvalue weighted by molar-refractivity contribution is -0.192. The first-order chi connectivity index (χ1) is 20.4. The minimum atomic E-state index is -5.08. The normalized spacial score (nSPS) is 14.9. The number of likely N-dealkylation sites (tertiary alicyclic amines) is 1. The van der Waals surface area contributed by atoms with E-state index in [1.807, 2.05) is 37.4 Å². The van der Waals surface area contributed by atoms with Gasteiger partial charge in [-0.1, -0.05) is 18.2 Å². The minimum absolute atomic E-state index is 0.185. The summed E-state index contributed by atoms with van der Waals surface area (Å²) in [6, 6.07) is 11.1. The number of H-pyrrole nitrogens is 1. The van der Waals surface area contributed by atoms with Crippen molar-refractivity contribution >= 4 is 55.3 Å². The number of ether oxygens (including phenoxy) is 1. The summed E-state index contributed by atoms with van der Waals surface area (Å²) in [7, 11) is -3.74. The van der Waals surface area contributed by atoms with Crippen LogP contribution in [0.15, 0.2) is 52.2 Å². The number of benzene rings is 1. The monoisotopic (exact) mass is 660 g/mol. The Hall–Kier alpha value is -3.02. The quantitative estimate of drug-likeness (QED) is 0.198. The van der Waals surface area contributed by atoms with Crippen molar-refractivity contribution in [1.82, 2.24) is 14.9 Å². The number of aliphatic hydroxyl groups is 1. The number of carboxylic acid groups (broad SMARTS) is 1. The molecule has 0 spiro atoms. The number of carbonyl (C=O) groups is 1. The second-order valence-electron chi connectivity index (χ2n) is 9.57. The highest BCUT2D eigenvalue weighted by molar-refractivity contribution is 7.94. The van der Waals surface area contributed by atoms with E-state index in [1.54, 1.807) is 28.8 Å². The van der Waals surface area contributed by atoms with Gasteiger partial charge in [0, 0.05) is 42.7 Å². The van der Waals surface area contributed by atoms with E-state index < -0.39 is 22.2 Å². The molecule has 16 heteroatoms. The summed E-state index contributed by atoms with van der Waals surface area (Å²) in [6.45, 7) is 5.53. The molecular formula is C27H31F3N4O6S3. The van der Waals surface area contributed by atoms with Gasteiger partial charge in [0.05, 0.1) is 36.2 Å². The van der Waals surface area contributed by atoms with Crippen LogP contribution in [0.4, 0.5) is 18.9 Å². The van der Waals surface area contributed by atoms with Gasteiger partial charge in [0.1, 0.15) is 9.22 Å². The maximum atomic E-state index is 13.6. The Morgan fingerprint density at radius 3 is 2.58 bits per heavy atom. The maximum absolute atomic E-state index is 13.6. The van der Waals surface area contributed by atoms with E-state index in [9.17, 15) is 26.7 Å². The first-order valence-electron chi connectivity index (χ1n) is 13.3. The Balaban J connectivity index is 0.000000541. The zero-order valence-electron chi connectivity index (χ0n) is 23.1. The van der Waals surface area contributed by atoms with Crippen molar-refractivity contribution in [3.05, 3.63) is 52.9 Å². The van der Waals surface area contributed by atoms with E-state index in [4.69, 9.17) is 14.6 Å². The SMILES string of the molecule is CCOCCN(c1cccc2cc(-c3ncc(CN4CCC(O)CC4)s3)[nH]c12)S(=O)(=O)c1cccs1.O=C(O)C(F)(F)F. The summed E-state index contributed by atoms with van der Waals surface area (Å²) in [5, 5.41) is 20.4. The third-order valence-corrected chi connectivity index (χ3v) is 10.7. The number of fused-ring (bicyclic) bond motifs is 1. The first-order valence-corrected chi connectivity index (χ1v) is 16.4. The van der Waals surface area contributed by atoms with E-state index >= 15 is 0 Å². The lowest BCUT2D eigenvalue weighted by atomic mass is 10.1. The van der Waals surface area contributed by atoms with Crippen molar-refractivity contribution in [2.75, 3.05) is 37.2 Å². The average Bonchev–Trinajstić information content (AvgIpc) is 3.73. The largest absolute Gasteiger partial charge is 0.490 e.